The van der Waals surface area contributed by atoms with Crippen LogP contribution in [0.1, 0.15) is 5.56 Å². The first kappa shape index (κ1) is 17.6. The Morgan fingerprint density at radius 2 is 1.73 bits per heavy atom. The SMILES string of the molecule is NCC(=O)N[C@H](Cc1ccccc1)C(=O)N[C@@H](CO)C(=O)O. The maximum atomic E-state index is 12.1. The first-order valence-electron chi connectivity index (χ1n) is 6.65. The van der Waals surface area contributed by atoms with Crippen molar-refractivity contribution in [3.63, 3.8) is 0 Å². The lowest BCUT2D eigenvalue weighted by atomic mass is 10.0. The van der Waals surface area contributed by atoms with E-state index < -0.39 is 36.5 Å². The fourth-order valence-corrected chi connectivity index (χ4v) is 1.77. The molecule has 0 fully saturated rings. The van der Waals surface area contributed by atoms with E-state index in [-0.39, 0.29) is 13.0 Å². The second kappa shape index (κ2) is 8.75. The summed E-state index contributed by atoms with van der Waals surface area (Å²) in [5, 5.41) is 22.4. The minimum absolute atomic E-state index is 0.177. The Morgan fingerprint density at radius 1 is 1.09 bits per heavy atom. The number of carbonyl (C=O) groups is 3. The van der Waals surface area contributed by atoms with E-state index in [1.807, 2.05) is 6.07 Å². The van der Waals surface area contributed by atoms with Gasteiger partial charge in [0.1, 0.15) is 12.1 Å². The molecule has 0 aromatic heterocycles. The van der Waals surface area contributed by atoms with Crippen LogP contribution >= 0.6 is 0 Å². The van der Waals surface area contributed by atoms with E-state index in [0.29, 0.717) is 0 Å². The molecular weight excluding hydrogens is 290 g/mol. The molecule has 0 unspecified atom stereocenters. The topological polar surface area (TPSA) is 142 Å². The Hall–Kier alpha value is -2.45. The molecule has 1 rings (SSSR count). The number of carboxylic acids is 1. The molecular formula is C14H19N3O5. The number of rotatable bonds is 8. The Bertz CT molecular complexity index is 520. The standard InChI is InChI=1S/C14H19N3O5/c15-7-12(19)16-10(6-9-4-2-1-3-5-9)13(20)17-11(8-18)14(21)22/h1-5,10-11,18H,6-8,15H2,(H,16,19)(H,17,20)(H,21,22)/t10-,11+/m1/s1. The normalized spacial score (nSPS) is 13.0. The van der Waals surface area contributed by atoms with Gasteiger partial charge in [-0.2, -0.15) is 0 Å². The monoisotopic (exact) mass is 309 g/mol. The molecule has 120 valence electrons. The van der Waals surface area contributed by atoms with Gasteiger partial charge in [-0.1, -0.05) is 30.3 Å². The van der Waals surface area contributed by atoms with Gasteiger partial charge >= 0.3 is 5.97 Å². The highest BCUT2D eigenvalue weighted by Gasteiger charge is 2.26. The van der Waals surface area contributed by atoms with Gasteiger partial charge in [0.05, 0.1) is 13.2 Å². The number of hydrogen-bond acceptors (Lipinski definition) is 5. The molecule has 0 aliphatic heterocycles. The molecule has 0 saturated carbocycles. The Morgan fingerprint density at radius 3 is 2.23 bits per heavy atom. The van der Waals surface area contributed by atoms with Crippen molar-refractivity contribution in [2.24, 2.45) is 5.73 Å². The number of aliphatic hydroxyl groups is 1. The molecule has 0 aliphatic carbocycles. The average Bonchev–Trinajstić information content (AvgIpc) is 2.52. The van der Waals surface area contributed by atoms with Crippen LogP contribution < -0.4 is 16.4 Å². The lowest BCUT2D eigenvalue weighted by Gasteiger charge is -2.20. The van der Waals surface area contributed by atoms with Crippen molar-refractivity contribution < 1.29 is 24.6 Å². The van der Waals surface area contributed by atoms with E-state index in [4.69, 9.17) is 15.9 Å². The highest BCUT2D eigenvalue weighted by atomic mass is 16.4. The molecule has 0 bridgehead atoms. The lowest BCUT2D eigenvalue weighted by molar-refractivity contribution is -0.143. The molecule has 2 amide bonds. The smallest absolute Gasteiger partial charge is 0.328 e. The predicted octanol–water partition coefficient (Wildman–Crippen LogP) is -1.77. The average molecular weight is 309 g/mol. The summed E-state index contributed by atoms with van der Waals surface area (Å²) in [5.41, 5.74) is 6.00. The summed E-state index contributed by atoms with van der Waals surface area (Å²) >= 11 is 0. The molecule has 8 nitrogen and oxygen atoms in total. The van der Waals surface area contributed by atoms with E-state index in [0.717, 1.165) is 5.56 Å². The van der Waals surface area contributed by atoms with Crippen molar-refractivity contribution in [1.82, 2.24) is 10.6 Å². The minimum atomic E-state index is -1.43. The molecule has 0 radical (unpaired) electrons. The Balaban J connectivity index is 2.82. The van der Waals surface area contributed by atoms with Crippen molar-refractivity contribution in [2.45, 2.75) is 18.5 Å². The van der Waals surface area contributed by atoms with Crippen LogP contribution in [0.5, 0.6) is 0 Å². The number of benzene rings is 1. The summed E-state index contributed by atoms with van der Waals surface area (Å²) in [5.74, 6) is -2.60. The maximum Gasteiger partial charge on any atom is 0.328 e. The lowest BCUT2D eigenvalue weighted by Crippen LogP contribution is -2.54. The van der Waals surface area contributed by atoms with Crippen molar-refractivity contribution in [1.29, 1.82) is 0 Å². The quantitative estimate of drug-likeness (QED) is 0.385. The third kappa shape index (κ3) is 5.51. The molecule has 0 heterocycles. The first-order valence-corrected chi connectivity index (χ1v) is 6.65. The van der Waals surface area contributed by atoms with E-state index in [2.05, 4.69) is 10.6 Å². The van der Waals surface area contributed by atoms with Gasteiger partial charge < -0.3 is 26.6 Å². The zero-order valence-corrected chi connectivity index (χ0v) is 11.9. The molecule has 22 heavy (non-hydrogen) atoms. The van der Waals surface area contributed by atoms with Gasteiger partial charge in [-0.3, -0.25) is 9.59 Å². The Labute approximate surface area is 127 Å². The van der Waals surface area contributed by atoms with Crippen molar-refractivity contribution in [3.8, 4) is 0 Å². The molecule has 0 spiro atoms. The highest BCUT2D eigenvalue weighted by molar-refractivity contribution is 5.91. The van der Waals surface area contributed by atoms with Crippen molar-refractivity contribution in [3.05, 3.63) is 35.9 Å². The van der Waals surface area contributed by atoms with E-state index in [1.54, 1.807) is 24.3 Å². The van der Waals surface area contributed by atoms with Crippen LogP contribution in [-0.2, 0) is 20.8 Å². The van der Waals surface area contributed by atoms with Gasteiger partial charge in [0.2, 0.25) is 11.8 Å². The molecule has 6 N–H and O–H groups in total. The highest BCUT2D eigenvalue weighted by Crippen LogP contribution is 2.04. The van der Waals surface area contributed by atoms with Gasteiger partial charge in [-0.05, 0) is 5.56 Å². The number of amides is 2. The van der Waals surface area contributed by atoms with Crippen molar-refractivity contribution in [2.75, 3.05) is 13.2 Å². The number of nitrogens with one attached hydrogen (secondary N) is 2. The summed E-state index contributed by atoms with van der Waals surface area (Å²) in [6.45, 7) is -1.04. The molecule has 1 aromatic rings. The molecule has 0 saturated heterocycles. The van der Waals surface area contributed by atoms with Gasteiger partial charge in [0.25, 0.3) is 0 Å². The second-order valence-corrected chi connectivity index (χ2v) is 4.60. The molecule has 1 aromatic carbocycles. The number of carbonyl (C=O) groups excluding carboxylic acids is 2. The largest absolute Gasteiger partial charge is 0.480 e. The summed E-state index contributed by atoms with van der Waals surface area (Å²) in [7, 11) is 0. The number of carboxylic acid groups (broad SMARTS) is 1. The van der Waals surface area contributed by atoms with Crippen LogP contribution in [0.2, 0.25) is 0 Å². The van der Waals surface area contributed by atoms with Crippen LogP contribution in [0, 0.1) is 0 Å². The van der Waals surface area contributed by atoms with Crippen LogP contribution in [0.4, 0.5) is 0 Å². The minimum Gasteiger partial charge on any atom is -0.480 e. The zero-order chi connectivity index (χ0) is 16.5. The Kier molecular flexibility index (Phi) is 7.00. The molecule has 2 atom stereocenters. The maximum absolute atomic E-state index is 12.1. The summed E-state index contributed by atoms with van der Waals surface area (Å²) < 4.78 is 0. The van der Waals surface area contributed by atoms with Gasteiger partial charge in [-0.25, -0.2) is 4.79 Å². The fourth-order valence-electron chi connectivity index (χ4n) is 1.77. The van der Waals surface area contributed by atoms with Crippen LogP contribution in [0.15, 0.2) is 30.3 Å². The van der Waals surface area contributed by atoms with Crippen molar-refractivity contribution >= 4 is 17.8 Å². The molecule has 0 aliphatic rings. The van der Waals surface area contributed by atoms with E-state index in [1.165, 1.54) is 0 Å². The van der Waals surface area contributed by atoms with Gasteiger partial charge in [0.15, 0.2) is 0 Å². The third-order valence-corrected chi connectivity index (χ3v) is 2.92. The number of hydrogen-bond donors (Lipinski definition) is 5. The summed E-state index contributed by atoms with van der Waals surface area (Å²) in [6, 6.07) is 6.51. The predicted molar refractivity (Wildman–Crippen MR) is 77.8 cm³/mol. The third-order valence-electron chi connectivity index (χ3n) is 2.92. The van der Waals surface area contributed by atoms with Gasteiger partial charge in [0, 0.05) is 6.42 Å². The van der Waals surface area contributed by atoms with E-state index in [9.17, 15) is 14.4 Å². The number of aliphatic carboxylic acids is 1. The summed E-state index contributed by atoms with van der Waals surface area (Å²) in [4.78, 5) is 34.4. The molecule has 8 heteroatoms. The van der Waals surface area contributed by atoms with Crippen LogP contribution in [-0.4, -0.2) is 53.2 Å². The summed E-state index contributed by atoms with van der Waals surface area (Å²) in [6.07, 6.45) is 0.177. The zero-order valence-electron chi connectivity index (χ0n) is 11.9. The van der Waals surface area contributed by atoms with Gasteiger partial charge in [-0.15, -0.1) is 0 Å². The fraction of sp³-hybridized carbons (Fsp3) is 0.357. The first-order chi connectivity index (χ1) is 10.5. The van der Waals surface area contributed by atoms with Crippen LogP contribution in [0.25, 0.3) is 0 Å². The van der Waals surface area contributed by atoms with Crippen LogP contribution in [0.3, 0.4) is 0 Å². The number of aliphatic hydroxyl groups excluding tert-OH is 1. The second-order valence-electron chi connectivity index (χ2n) is 4.60. The number of nitrogens with two attached hydrogens (primary N) is 1. The van der Waals surface area contributed by atoms with E-state index >= 15 is 0 Å².